The van der Waals surface area contributed by atoms with Crippen molar-refractivity contribution in [3.8, 4) is 6.07 Å². The van der Waals surface area contributed by atoms with Gasteiger partial charge in [0.2, 0.25) is 11.9 Å². The zero-order chi connectivity index (χ0) is 24.7. The molecule has 0 unspecified atom stereocenters. The van der Waals surface area contributed by atoms with Crippen LogP contribution in [0.15, 0.2) is 58.7 Å². The number of nitrogens with one attached hydrogen (secondary N) is 2. The molecule has 0 aliphatic heterocycles. The van der Waals surface area contributed by atoms with Crippen LogP contribution in [0.2, 0.25) is 0 Å². The highest BCUT2D eigenvalue weighted by Crippen LogP contribution is 2.27. The number of fused-ring (bicyclic) bond motifs is 1. The van der Waals surface area contributed by atoms with Gasteiger partial charge < -0.3 is 5.32 Å². The summed E-state index contributed by atoms with van der Waals surface area (Å²) in [5.41, 5.74) is 3.27. The molecule has 2 heterocycles. The molecule has 0 bridgehead atoms. The molecule has 1 amide bonds. The van der Waals surface area contributed by atoms with Gasteiger partial charge in [-0.05, 0) is 67.6 Å². The summed E-state index contributed by atoms with van der Waals surface area (Å²) in [5.74, 6) is 0.239. The molecule has 0 radical (unpaired) electrons. The van der Waals surface area contributed by atoms with Gasteiger partial charge >= 0.3 is 0 Å². The normalized spacial score (nSPS) is 13.2. The number of sulfonamides is 1. The summed E-state index contributed by atoms with van der Waals surface area (Å²) in [6, 6.07) is 11.6. The second-order valence-corrected chi connectivity index (χ2v) is 10.7. The third-order valence-corrected chi connectivity index (χ3v) is 7.78. The van der Waals surface area contributed by atoms with E-state index in [-0.39, 0.29) is 23.2 Å². The summed E-state index contributed by atoms with van der Waals surface area (Å²) in [6.45, 7) is 0. The Bertz CT molecular complexity index is 1340. The minimum Gasteiger partial charge on any atom is -0.326 e. The molecule has 1 aliphatic rings. The van der Waals surface area contributed by atoms with Crippen LogP contribution in [0.4, 0.5) is 11.6 Å². The smallest absolute Gasteiger partial charge is 0.264 e. The van der Waals surface area contributed by atoms with Crippen LogP contribution < -0.4 is 10.0 Å². The summed E-state index contributed by atoms with van der Waals surface area (Å²) < 4.78 is 27.2. The molecule has 35 heavy (non-hydrogen) atoms. The number of pyridine rings is 1. The van der Waals surface area contributed by atoms with Crippen molar-refractivity contribution in [2.45, 2.75) is 48.4 Å². The van der Waals surface area contributed by atoms with Crippen molar-refractivity contribution < 1.29 is 13.2 Å². The van der Waals surface area contributed by atoms with Crippen LogP contribution in [0, 0.1) is 11.3 Å². The van der Waals surface area contributed by atoms with Gasteiger partial charge in [0.1, 0.15) is 11.1 Å². The minimum atomic E-state index is -3.84. The fourth-order valence-electron chi connectivity index (χ4n) is 3.69. The number of aryl methyl sites for hydroxylation is 2. The SMILES string of the molecule is N#Cc1cc2c(nc1SCCC(=O)Nc1ccc(S(=O)(=O)Nc3ncccn3)cc1)CCCCC2. The van der Waals surface area contributed by atoms with Crippen molar-refractivity contribution in [1.82, 2.24) is 15.0 Å². The lowest BCUT2D eigenvalue weighted by molar-refractivity contribution is -0.115. The van der Waals surface area contributed by atoms with Crippen molar-refractivity contribution in [2.24, 2.45) is 0 Å². The zero-order valence-corrected chi connectivity index (χ0v) is 20.5. The monoisotopic (exact) mass is 508 g/mol. The highest BCUT2D eigenvalue weighted by molar-refractivity contribution is 7.99. The number of thioether (sulfide) groups is 1. The maximum absolute atomic E-state index is 12.5. The molecule has 0 saturated carbocycles. The van der Waals surface area contributed by atoms with Gasteiger partial charge in [0.25, 0.3) is 10.0 Å². The summed E-state index contributed by atoms with van der Waals surface area (Å²) in [6.07, 6.45) is 8.38. The molecule has 11 heteroatoms. The zero-order valence-electron chi connectivity index (χ0n) is 18.9. The topological polar surface area (TPSA) is 138 Å². The number of hydrogen-bond donors (Lipinski definition) is 2. The molecule has 0 saturated heterocycles. The molecule has 2 N–H and O–H groups in total. The summed E-state index contributed by atoms with van der Waals surface area (Å²) in [5, 5.41) is 13.0. The van der Waals surface area contributed by atoms with Crippen LogP contribution in [0.3, 0.4) is 0 Å². The van der Waals surface area contributed by atoms with Gasteiger partial charge in [-0.1, -0.05) is 6.42 Å². The van der Waals surface area contributed by atoms with Gasteiger partial charge in [-0.3, -0.25) is 4.79 Å². The number of amides is 1. The maximum Gasteiger partial charge on any atom is 0.264 e. The van der Waals surface area contributed by atoms with E-state index in [1.807, 2.05) is 6.07 Å². The van der Waals surface area contributed by atoms with Crippen LogP contribution in [0.1, 0.15) is 42.5 Å². The highest BCUT2D eigenvalue weighted by Gasteiger charge is 2.17. The van der Waals surface area contributed by atoms with Crippen molar-refractivity contribution >= 4 is 39.3 Å². The minimum absolute atomic E-state index is 0.0223. The van der Waals surface area contributed by atoms with Gasteiger partial charge in [0.15, 0.2) is 0 Å². The highest BCUT2D eigenvalue weighted by atomic mass is 32.2. The second-order valence-electron chi connectivity index (χ2n) is 7.97. The van der Waals surface area contributed by atoms with E-state index in [9.17, 15) is 18.5 Å². The molecule has 1 aromatic carbocycles. The van der Waals surface area contributed by atoms with Crippen molar-refractivity contribution in [3.63, 3.8) is 0 Å². The van der Waals surface area contributed by atoms with Gasteiger partial charge in [-0.25, -0.2) is 28.1 Å². The lowest BCUT2D eigenvalue weighted by Gasteiger charge is -2.10. The van der Waals surface area contributed by atoms with Crippen LogP contribution >= 0.6 is 11.8 Å². The first-order valence-corrected chi connectivity index (χ1v) is 13.7. The van der Waals surface area contributed by atoms with Crippen LogP contribution in [-0.4, -0.2) is 35.0 Å². The number of carbonyl (C=O) groups is 1. The predicted molar refractivity (Wildman–Crippen MR) is 133 cm³/mol. The van der Waals surface area contributed by atoms with Crippen LogP contribution in [-0.2, 0) is 27.7 Å². The number of carbonyl (C=O) groups excluding carboxylic acids is 1. The summed E-state index contributed by atoms with van der Waals surface area (Å²) >= 11 is 1.40. The Morgan fingerprint density at radius 3 is 2.57 bits per heavy atom. The van der Waals surface area contributed by atoms with Gasteiger partial charge in [0.05, 0.1) is 10.5 Å². The number of rotatable bonds is 8. The lowest BCUT2D eigenvalue weighted by atomic mass is 10.1. The molecule has 9 nitrogen and oxygen atoms in total. The van der Waals surface area contributed by atoms with Crippen molar-refractivity contribution in [3.05, 3.63) is 65.6 Å². The molecule has 3 aromatic rings. The van der Waals surface area contributed by atoms with E-state index in [0.29, 0.717) is 22.0 Å². The van der Waals surface area contributed by atoms with E-state index < -0.39 is 10.0 Å². The van der Waals surface area contributed by atoms with Gasteiger partial charge in [0, 0.05) is 35.9 Å². The number of benzene rings is 1. The third-order valence-electron chi connectivity index (χ3n) is 5.44. The number of anilines is 2. The van der Waals surface area contributed by atoms with Gasteiger partial charge in [-0.15, -0.1) is 11.8 Å². The fourth-order valence-corrected chi connectivity index (χ4v) is 5.57. The molecule has 0 spiro atoms. The Morgan fingerprint density at radius 1 is 1.09 bits per heavy atom. The summed E-state index contributed by atoms with van der Waals surface area (Å²) in [4.78, 5) is 24.9. The Kier molecular flexibility index (Phi) is 7.94. The number of nitrogens with zero attached hydrogens (tertiary/aromatic N) is 4. The van der Waals surface area contributed by atoms with E-state index in [2.05, 4.69) is 26.1 Å². The molecular weight excluding hydrogens is 484 g/mol. The molecule has 2 aromatic heterocycles. The number of aromatic nitrogens is 3. The number of nitriles is 1. The number of hydrogen-bond acceptors (Lipinski definition) is 8. The van der Waals surface area contributed by atoms with Crippen molar-refractivity contribution in [2.75, 3.05) is 15.8 Å². The van der Waals surface area contributed by atoms with E-state index in [4.69, 9.17) is 4.98 Å². The molecule has 180 valence electrons. The molecule has 0 fully saturated rings. The average Bonchev–Trinajstić information content (AvgIpc) is 3.09. The molecule has 4 rings (SSSR count). The van der Waals surface area contributed by atoms with E-state index in [1.165, 1.54) is 54.8 Å². The Labute approximate surface area is 208 Å². The average molecular weight is 509 g/mol. The first-order valence-electron chi connectivity index (χ1n) is 11.2. The Morgan fingerprint density at radius 2 is 1.83 bits per heavy atom. The largest absolute Gasteiger partial charge is 0.326 e. The quantitative estimate of drug-likeness (QED) is 0.345. The molecular formula is C24H24N6O3S2. The summed E-state index contributed by atoms with van der Waals surface area (Å²) in [7, 11) is -3.84. The lowest BCUT2D eigenvalue weighted by Crippen LogP contribution is -2.15. The standard InChI is InChI=1S/C24H24N6O3S2/c25-16-18-15-17-5-2-1-3-6-21(17)29-23(18)34-14-11-22(31)28-19-7-9-20(10-8-19)35(32,33)30-24-26-12-4-13-27-24/h4,7-10,12-13,15H,1-3,5-6,11,14H2,(H,28,31)(H,26,27,30). The van der Waals surface area contributed by atoms with Gasteiger partial charge in [-0.2, -0.15) is 5.26 Å². The Balaban J connectivity index is 1.32. The fraction of sp³-hybridized carbons (Fsp3) is 0.292. The maximum atomic E-state index is 12.5. The molecule has 0 atom stereocenters. The van der Waals surface area contributed by atoms with Crippen LogP contribution in [0.5, 0.6) is 0 Å². The van der Waals surface area contributed by atoms with Crippen molar-refractivity contribution in [1.29, 1.82) is 5.26 Å². The van der Waals surface area contributed by atoms with E-state index in [1.54, 1.807) is 6.07 Å². The van der Waals surface area contributed by atoms with E-state index >= 15 is 0 Å². The molecule has 1 aliphatic carbocycles. The first kappa shape index (κ1) is 24.6. The van der Waals surface area contributed by atoms with E-state index in [0.717, 1.165) is 36.9 Å². The first-order chi connectivity index (χ1) is 16.9. The third kappa shape index (κ3) is 6.55. The predicted octanol–water partition coefficient (Wildman–Crippen LogP) is 3.93. The Hall–Kier alpha value is -3.49. The van der Waals surface area contributed by atoms with Crippen LogP contribution in [0.25, 0.3) is 0 Å². The second kappa shape index (κ2) is 11.3.